The summed E-state index contributed by atoms with van der Waals surface area (Å²) in [6, 6.07) is 0. The summed E-state index contributed by atoms with van der Waals surface area (Å²) in [6.07, 6.45) is -31.6. The van der Waals surface area contributed by atoms with Gasteiger partial charge in [-0.3, -0.25) is 4.79 Å². The highest BCUT2D eigenvalue weighted by Crippen LogP contribution is 2.76. The lowest BCUT2D eigenvalue weighted by Crippen LogP contribution is -2.67. The second-order valence-corrected chi connectivity index (χ2v) is 28.6. The molecular formula is C59H96O26. The van der Waals surface area contributed by atoms with Crippen LogP contribution in [0, 0.1) is 50.2 Å². The summed E-state index contributed by atoms with van der Waals surface area (Å²) in [5.74, 6) is -0.349. The Labute approximate surface area is 494 Å². The van der Waals surface area contributed by atoms with E-state index >= 15 is 0 Å². The van der Waals surface area contributed by atoms with Crippen LogP contribution in [0.5, 0.6) is 0 Å². The van der Waals surface area contributed by atoms with Crippen molar-refractivity contribution in [2.45, 2.75) is 273 Å². The molecule has 5 heterocycles. The zero-order chi connectivity index (χ0) is 62.0. The molecule has 0 aromatic heterocycles. The van der Waals surface area contributed by atoms with Crippen molar-refractivity contribution in [2.75, 3.05) is 26.4 Å². The van der Waals surface area contributed by atoms with Crippen molar-refractivity contribution in [1.29, 1.82) is 0 Å². The molecule has 10 rings (SSSR count). The lowest BCUT2D eigenvalue weighted by molar-refractivity contribution is -0.395. The van der Waals surface area contributed by atoms with Crippen molar-refractivity contribution in [3.05, 3.63) is 11.6 Å². The Morgan fingerprint density at radius 2 is 1.07 bits per heavy atom. The van der Waals surface area contributed by atoms with Gasteiger partial charge in [0.1, 0.15) is 110 Å². The van der Waals surface area contributed by atoms with E-state index in [9.17, 15) is 81.4 Å². The highest BCUT2D eigenvalue weighted by atomic mass is 16.8. The number of aliphatic carboxylic acids is 1. The first-order valence-corrected chi connectivity index (χ1v) is 30.6. The summed E-state index contributed by atoms with van der Waals surface area (Å²) in [4.78, 5) is 13.3. The Hall–Kier alpha value is -1.75. The molecule has 5 aliphatic heterocycles. The van der Waals surface area contributed by atoms with Crippen molar-refractivity contribution in [3.63, 3.8) is 0 Å². The van der Waals surface area contributed by atoms with Gasteiger partial charge in [-0.25, -0.2) is 0 Å². The highest BCUT2D eigenvalue weighted by molar-refractivity contribution is 5.76. The van der Waals surface area contributed by atoms with Crippen molar-refractivity contribution in [3.8, 4) is 0 Å². The molecule has 0 unspecified atom stereocenters. The van der Waals surface area contributed by atoms with Crippen LogP contribution in [0.1, 0.15) is 120 Å². The number of hydrogen-bond acceptors (Lipinski definition) is 25. The van der Waals surface area contributed by atoms with E-state index in [2.05, 4.69) is 54.5 Å². The van der Waals surface area contributed by atoms with E-state index in [0.29, 0.717) is 19.3 Å². The third kappa shape index (κ3) is 11.1. The van der Waals surface area contributed by atoms with Crippen LogP contribution in [0.2, 0.25) is 0 Å². The Kier molecular flexibility index (Phi) is 19.0. The first kappa shape index (κ1) is 66.2. The van der Waals surface area contributed by atoms with Crippen LogP contribution in [0.25, 0.3) is 0 Å². The van der Waals surface area contributed by atoms with Crippen molar-refractivity contribution in [1.82, 2.24) is 0 Å². The van der Waals surface area contributed by atoms with Crippen LogP contribution in [-0.4, -0.2) is 263 Å². The number of hydrogen-bond donors (Lipinski definition) is 15. The van der Waals surface area contributed by atoms with Gasteiger partial charge in [-0.05, 0) is 116 Å². The van der Waals surface area contributed by atoms with Crippen molar-refractivity contribution < 1.29 is 129 Å². The van der Waals surface area contributed by atoms with Gasteiger partial charge in [0.05, 0.1) is 44.1 Å². The van der Waals surface area contributed by atoms with Crippen LogP contribution in [0.3, 0.4) is 0 Å². The van der Waals surface area contributed by atoms with E-state index in [1.807, 2.05) is 0 Å². The molecule has 32 atom stereocenters. The molecular weight excluding hydrogens is 1120 g/mol. The molecule has 15 N–H and O–H groups in total. The Balaban J connectivity index is 0.884. The SMILES string of the molecule is C[C@@H]1O[C@@H](O[C@H]2[C@H](O[C@H]3CC[C@]4(C)[C@H]5CC=C6[C@@H]7CC(C)(C)CC[C@]7(C(=O)O)CC[C@@]6(C)[C@]5(C)CC[C@H]4C3(C)C)OC[C@H](O[C@@H]3O[C@H](CO)[C@@H](O)[C@H](O)[C@H]3O)[C@@H]2O)[C@H](O)[C@H](O[C@@H]2O[C@H](CO)[C@@H](O[C@@H]3O[C@H](CO)[C@@H](O)[C@H](O)[C@H]3O)[C@H](O)[C@H]2O)[C@H]1O. The van der Waals surface area contributed by atoms with E-state index in [0.717, 1.165) is 44.9 Å². The van der Waals surface area contributed by atoms with E-state index < -0.39 is 197 Å². The van der Waals surface area contributed by atoms with Crippen molar-refractivity contribution in [2.24, 2.45) is 50.2 Å². The summed E-state index contributed by atoms with van der Waals surface area (Å²) in [5, 5.41) is 163. The fourth-order valence-electron chi connectivity index (χ4n) is 17.7. The standard InChI is InChI=1S/C59H96O26/c1-24-34(63)46(84-50-43(72)40(69)45(29(22-62)80-50)83-49-42(71)39(68)36(65)28(21-61)79-49)44(73)51(77-24)85-47-37(66)30(81-48-41(70)38(67)35(64)27(20-60)78-48)23-76-52(47)82-33-12-13-56(6)31(55(33,4)5)11-14-58(8)32(56)10-9-25-26-19-54(2,3)15-17-59(26,53(74)75)18-16-57(25,58)7/h9,24,26-52,60-73H,10-23H2,1-8H3,(H,74,75)/t24-,26-,27+,28+,29+,30-,31-,32+,33-,34-,35+,36+,37-,38-,39-,40+,41+,42+,43+,44+,45+,46+,47+,48-,49-,50-,51-,52-,56-,57+,58+,59-/m0/s1. The largest absolute Gasteiger partial charge is 0.481 e. The Morgan fingerprint density at radius 1 is 0.529 bits per heavy atom. The number of allylic oxidation sites excluding steroid dienone is 2. The Bertz CT molecular complexity index is 2360. The van der Waals surface area contributed by atoms with E-state index in [4.69, 9.17) is 47.4 Å². The highest BCUT2D eigenvalue weighted by Gasteiger charge is 2.70. The van der Waals surface area contributed by atoms with Gasteiger partial charge in [-0.15, -0.1) is 0 Å². The van der Waals surface area contributed by atoms with Crippen LogP contribution >= 0.6 is 0 Å². The number of fused-ring (bicyclic) bond motifs is 7. The average Bonchev–Trinajstić information content (AvgIpc) is 0.702. The summed E-state index contributed by atoms with van der Waals surface area (Å²) in [5.41, 5.74) is -0.487. The molecule has 0 bridgehead atoms. The fraction of sp³-hybridized carbons (Fsp3) is 0.949. The summed E-state index contributed by atoms with van der Waals surface area (Å²) in [7, 11) is 0. The number of aliphatic hydroxyl groups is 14. The molecule has 0 aromatic rings. The summed E-state index contributed by atoms with van der Waals surface area (Å²) < 4.78 is 60.6. The zero-order valence-electron chi connectivity index (χ0n) is 49.8. The van der Waals surface area contributed by atoms with Crippen molar-refractivity contribution >= 4 is 5.97 Å². The van der Waals surface area contributed by atoms with Gasteiger partial charge >= 0.3 is 5.97 Å². The fourth-order valence-corrected chi connectivity index (χ4v) is 17.7. The first-order valence-electron chi connectivity index (χ1n) is 30.6. The number of carboxylic acids is 1. The number of carboxylic acid groups (broad SMARTS) is 1. The molecule has 5 saturated heterocycles. The monoisotopic (exact) mass is 1220 g/mol. The van der Waals surface area contributed by atoms with Gasteiger partial charge in [0.15, 0.2) is 31.5 Å². The second kappa shape index (κ2) is 24.4. The van der Waals surface area contributed by atoms with E-state index in [1.54, 1.807) is 0 Å². The quantitative estimate of drug-likeness (QED) is 0.0662. The van der Waals surface area contributed by atoms with Gasteiger partial charge < -0.3 is 124 Å². The minimum atomic E-state index is -2.06. The molecule has 26 heteroatoms. The topological polar surface area (TPSA) is 413 Å². The lowest BCUT2D eigenvalue weighted by atomic mass is 9.33. The minimum absolute atomic E-state index is 0.0230. The molecule has 5 aliphatic carbocycles. The first-order chi connectivity index (χ1) is 39.8. The number of ether oxygens (including phenoxy) is 10. The van der Waals surface area contributed by atoms with Crippen LogP contribution in [-0.2, 0) is 52.2 Å². The maximum atomic E-state index is 13.3. The predicted octanol–water partition coefficient (Wildman–Crippen LogP) is -1.98. The maximum Gasteiger partial charge on any atom is 0.310 e. The summed E-state index contributed by atoms with van der Waals surface area (Å²) >= 11 is 0. The van der Waals surface area contributed by atoms with Gasteiger partial charge in [0.2, 0.25) is 0 Å². The molecule has 85 heavy (non-hydrogen) atoms. The van der Waals surface area contributed by atoms with Gasteiger partial charge in [0.25, 0.3) is 0 Å². The third-order valence-corrected chi connectivity index (χ3v) is 23.2. The van der Waals surface area contributed by atoms with Crippen LogP contribution in [0.15, 0.2) is 11.6 Å². The third-order valence-electron chi connectivity index (χ3n) is 23.2. The molecule has 10 aliphatic rings. The maximum absolute atomic E-state index is 13.3. The number of aliphatic hydroxyl groups excluding tert-OH is 14. The molecule has 26 nitrogen and oxygen atoms in total. The number of rotatable bonds is 14. The Morgan fingerprint density at radius 3 is 1.67 bits per heavy atom. The smallest absolute Gasteiger partial charge is 0.310 e. The molecule has 0 aromatic carbocycles. The molecule has 0 spiro atoms. The van der Waals surface area contributed by atoms with Gasteiger partial charge in [0, 0.05) is 0 Å². The van der Waals surface area contributed by atoms with E-state index in [-0.39, 0.29) is 39.4 Å². The lowest BCUT2D eigenvalue weighted by Gasteiger charge is -2.71. The second-order valence-electron chi connectivity index (χ2n) is 28.6. The zero-order valence-corrected chi connectivity index (χ0v) is 49.8. The molecule has 0 amide bonds. The number of carbonyl (C=O) groups is 1. The molecule has 4 saturated carbocycles. The molecule has 9 fully saturated rings. The average molecular weight is 1220 g/mol. The molecule has 0 radical (unpaired) electrons. The summed E-state index contributed by atoms with van der Waals surface area (Å²) in [6.45, 7) is 14.6. The molecule has 488 valence electrons. The minimum Gasteiger partial charge on any atom is -0.481 e. The van der Waals surface area contributed by atoms with Crippen LogP contribution in [0.4, 0.5) is 0 Å². The normalized spacial score (nSPS) is 54.2. The van der Waals surface area contributed by atoms with E-state index in [1.165, 1.54) is 12.5 Å². The van der Waals surface area contributed by atoms with Gasteiger partial charge in [-0.1, -0.05) is 60.1 Å². The van der Waals surface area contributed by atoms with Gasteiger partial charge in [-0.2, -0.15) is 0 Å². The predicted molar refractivity (Wildman–Crippen MR) is 288 cm³/mol. The van der Waals surface area contributed by atoms with Crippen LogP contribution < -0.4 is 0 Å².